The lowest BCUT2D eigenvalue weighted by Gasteiger charge is -2.03. The number of carbonyl (C=O) groups excluding carboxylic acids is 1. The van der Waals surface area contributed by atoms with Crippen LogP contribution in [0.2, 0.25) is 0 Å². The minimum absolute atomic E-state index is 0.314. The number of thiophene rings is 1. The van der Waals surface area contributed by atoms with Gasteiger partial charge in [0.2, 0.25) is 0 Å². The Morgan fingerprint density at radius 1 is 1.85 bits per heavy atom. The molecule has 0 spiro atoms. The summed E-state index contributed by atoms with van der Waals surface area (Å²) in [6.45, 7) is 1.29. The van der Waals surface area contributed by atoms with Crippen molar-refractivity contribution in [3.8, 4) is 11.8 Å². The van der Waals surface area contributed by atoms with Gasteiger partial charge in [0.15, 0.2) is 0 Å². The van der Waals surface area contributed by atoms with Crippen LogP contribution in [0.4, 0.5) is 0 Å². The van der Waals surface area contributed by atoms with Crippen LogP contribution < -0.4 is 9.84 Å². The zero-order chi connectivity index (χ0) is 9.84. The molecule has 0 aliphatic heterocycles. The van der Waals surface area contributed by atoms with E-state index < -0.39 is 12.6 Å². The van der Waals surface area contributed by atoms with Gasteiger partial charge in [-0.1, -0.05) is 0 Å². The Morgan fingerprint density at radius 3 is 3.08 bits per heavy atom. The third-order valence-electron chi connectivity index (χ3n) is 1.27. The van der Waals surface area contributed by atoms with Gasteiger partial charge >= 0.3 is 0 Å². The molecule has 1 aromatic rings. The Hall–Kier alpha value is -1.54. The highest BCUT2D eigenvalue weighted by Crippen LogP contribution is 2.27. The normalized spacial score (nSPS) is 9.23. The number of nitriles is 1. The van der Waals surface area contributed by atoms with E-state index in [9.17, 15) is 9.90 Å². The van der Waals surface area contributed by atoms with Crippen LogP contribution >= 0.6 is 11.3 Å². The average molecular weight is 196 g/mol. The van der Waals surface area contributed by atoms with Crippen molar-refractivity contribution >= 4 is 17.3 Å². The minimum atomic E-state index is -1.30. The zero-order valence-corrected chi connectivity index (χ0v) is 7.68. The highest BCUT2D eigenvalue weighted by molar-refractivity contribution is 7.12. The van der Waals surface area contributed by atoms with Crippen LogP contribution in [0, 0.1) is 18.3 Å². The quantitative estimate of drug-likeness (QED) is 0.685. The lowest BCUT2D eigenvalue weighted by Crippen LogP contribution is -2.28. The molecule has 0 saturated heterocycles. The monoisotopic (exact) mass is 196 g/mol. The Morgan fingerprint density at radius 2 is 2.54 bits per heavy atom. The molecular formula is C8H6NO3S-. The van der Waals surface area contributed by atoms with Crippen LogP contribution in [0.3, 0.4) is 0 Å². The summed E-state index contributed by atoms with van der Waals surface area (Å²) in [7, 11) is 0. The molecule has 1 heterocycles. The summed E-state index contributed by atoms with van der Waals surface area (Å²) in [6, 6.07) is 3.55. The first-order valence-electron chi connectivity index (χ1n) is 3.46. The van der Waals surface area contributed by atoms with Crippen molar-refractivity contribution in [1.82, 2.24) is 0 Å². The van der Waals surface area contributed by atoms with Crippen molar-refractivity contribution in [1.29, 1.82) is 5.26 Å². The number of aliphatic carboxylic acids is 1. The molecule has 0 unspecified atom stereocenters. The molecule has 4 nitrogen and oxygen atoms in total. The highest BCUT2D eigenvalue weighted by atomic mass is 32.1. The largest absolute Gasteiger partial charge is 0.546 e. The Labute approximate surface area is 79.0 Å². The van der Waals surface area contributed by atoms with Gasteiger partial charge < -0.3 is 14.6 Å². The van der Waals surface area contributed by atoms with Crippen LogP contribution in [0.5, 0.6) is 5.75 Å². The second-order valence-electron chi connectivity index (χ2n) is 2.32. The smallest absolute Gasteiger partial charge is 0.148 e. The maximum Gasteiger partial charge on any atom is 0.148 e. The van der Waals surface area contributed by atoms with Crippen LogP contribution in [-0.4, -0.2) is 12.6 Å². The summed E-state index contributed by atoms with van der Waals surface area (Å²) in [4.78, 5) is 11.4. The van der Waals surface area contributed by atoms with Gasteiger partial charge in [0.05, 0.1) is 5.97 Å². The number of carboxylic acid groups (broad SMARTS) is 1. The second kappa shape index (κ2) is 3.92. The molecular weight excluding hydrogens is 190 g/mol. The molecule has 0 aliphatic carbocycles. The van der Waals surface area contributed by atoms with Gasteiger partial charge in [0, 0.05) is 4.88 Å². The molecule has 0 aromatic carbocycles. The number of carbonyl (C=O) groups is 1. The summed E-state index contributed by atoms with van der Waals surface area (Å²) >= 11 is 1.27. The molecule has 68 valence electrons. The number of rotatable bonds is 3. The molecule has 13 heavy (non-hydrogen) atoms. The first kappa shape index (κ1) is 9.55. The number of nitrogens with zero attached hydrogens (tertiary/aromatic N) is 1. The predicted molar refractivity (Wildman–Crippen MR) is 44.3 cm³/mol. The van der Waals surface area contributed by atoms with E-state index in [-0.39, 0.29) is 0 Å². The van der Waals surface area contributed by atoms with E-state index >= 15 is 0 Å². The van der Waals surface area contributed by atoms with E-state index in [1.807, 2.05) is 13.0 Å². The minimum Gasteiger partial charge on any atom is -0.546 e. The van der Waals surface area contributed by atoms with Gasteiger partial charge in [0.1, 0.15) is 23.3 Å². The van der Waals surface area contributed by atoms with E-state index in [4.69, 9.17) is 10.00 Å². The lowest BCUT2D eigenvalue weighted by molar-refractivity contribution is -0.307. The Balaban J connectivity index is 2.76. The topological polar surface area (TPSA) is 73.2 Å². The first-order chi connectivity index (χ1) is 6.13. The standard InChI is InChI=1S/C8H7NO3S/c1-5-2-6(7(3-9)13-5)12-4-8(10)11/h2H,4H2,1H3,(H,10,11)/p-1. The Bertz CT molecular complexity index is 364. The molecule has 0 radical (unpaired) electrons. The lowest BCUT2D eigenvalue weighted by atomic mass is 10.4. The third-order valence-corrected chi connectivity index (χ3v) is 2.20. The predicted octanol–water partition coefficient (Wildman–Crippen LogP) is 0.0569. The van der Waals surface area contributed by atoms with Crippen LogP contribution in [-0.2, 0) is 4.79 Å². The van der Waals surface area contributed by atoms with Crippen molar-refractivity contribution in [3.05, 3.63) is 15.8 Å². The molecule has 0 aliphatic rings. The van der Waals surface area contributed by atoms with E-state index in [1.54, 1.807) is 6.07 Å². The van der Waals surface area contributed by atoms with Crippen LogP contribution in [0.1, 0.15) is 9.75 Å². The molecule has 5 heteroatoms. The van der Waals surface area contributed by atoms with Crippen LogP contribution in [0.15, 0.2) is 6.07 Å². The van der Waals surface area contributed by atoms with E-state index in [0.29, 0.717) is 10.6 Å². The fourth-order valence-electron chi connectivity index (χ4n) is 0.813. The maximum atomic E-state index is 10.1. The van der Waals surface area contributed by atoms with E-state index in [2.05, 4.69) is 0 Å². The number of hydrogen-bond donors (Lipinski definition) is 0. The summed E-state index contributed by atoms with van der Waals surface area (Å²) < 4.78 is 4.84. The molecule has 0 N–H and O–H groups in total. The van der Waals surface area contributed by atoms with Gasteiger partial charge in [-0.2, -0.15) is 5.26 Å². The van der Waals surface area contributed by atoms with Gasteiger partial charge in [-0.15, -0.1) is 11.3 Å². The first-order valence-corrected chi connectivity index (χ1v) is 4.28. The molecule has 0 amide bonds. The number of hydrogen-bond acceptors (Lipinski definition) is 5. The molecule has 0 atom stereocenters. The van der Waals surface area contributed by atoms with E-state index in [0.717, 1.165) is 4.88 Å². The molecule has 0 bridgehead atoms. The van der Waals surface area contributed by atoms with Crippen molar-refractivity contribution < 1.29 is 14.6 Å². The molecule has 1 aromatic heterocycles. The van der Waals surface area contributed by atoms with E-state index in [1.165, 1.54) is 11.3 Å². The van der Waals surface area contributed by atoms with Crippen LogP contribution in [0.25, 0.3) is 0 Å². The van der Waals surface area contributed by atoms with Crippen molar-refractivity contribution in [2.45, 2.75) is 6.92 Å². The summed E-state index contributed by atoms with van der Waals surface area (Å²) in [6.07, 6.45) is 0. The van der Waals surface area contributed by atoms with Crippen molar-refractivity contribution in [3.63, 3.8) is 0 Å². The number of ether oxygens (including phenoxy) is 1. The van der Waals surface area contributed by atoms with Gasteiger partial charge in [-0.25, -0.2) is 0 Å². The second-order valence-corrected chi connectivity index (χ2v) is 3.58. The third kappa shape index (κ3) is 2.46. The summed E-state index contributed by atoms with van der Waals surface area (Å²) in [5.41, 5.74) is 0. The highest BCUT2D eigenvalue weighted by Gasteiger charge is 2.06. The van der Waals surface area contributed by atoms with Gasteiger partial charge in [0.25, 0.3) is 0 Å². The number of carboxylic acids is 1. The van der Waals surface area contributed by atoms with Crippen molar-refractivity contribution in [2.75, 3.05) is 6.61 Å². The molecule has 0 fully saturated rings. The summed E-state index contributed by atoms with van der Waals surface area (Å²) in [5, 5.41) is 18.7. The fraction of sp³-hybridized carbons (Fsp3) is 0.250. The number of aryl methyl sites for hydroxylation is 1. The fourth-order valence-corrected chi connectivity index (χ4v) is 1.56. The maximum absolute atomic E-state index is 10.1. The Kier molecular flexibility index (Phi) is 2.88. The zero-order valence-electron chi connectivity index (χ0n) is 6.86. The van der Waals surface area contributed by atoms with Gasteiger partial charge in [-0.05, 0) is 13.0 Å². The summed E-state index contributed by atoms with van der Waals surface area (Å²) in [5.74, 6) is -0.984. The average Bonchev–Trinajstić information content (AvgIpc) is 2.42. The SMILES string of the molecule is Cc1cc(OCC(=O)[O-])c(C#N)s1. The van der Waals surface area contributed by atoms with Crippen molar-refractivity contribution in [2.24, 2.45) is 0 Å². The molecule has 0 saturated carbocycles. The molecule has 1 rings (SSSR count). The van der Waals surface area contributed by atoms with Gasteiger partial charge in [-0.3, -0.25) is 0 Å².